The number of hydrogen-bond acceptors (Lipinski definition) is 4. The molecule has 2 amide bonds. The quantitative estimate of drug-likeness (QED) is 0.612. The maximum absolute atomic E-state index is 12.6. The third kappa shape index (κ3) is 4.93. The highest BCUT2D eigenvalue weighted by Gasteiger charge is 2.30. The number of fused-ring (bicyclic) bond motifs is 3. The molecule has 0 saturated heterocycles. The van der Waals surface area contributed by atoms with Crippen molar-refractivity contribution in [2.45, 2.75) is 56.5 Å². The number of alkyl carbamates (subject to hydrolysis) is 1. The molecule has 1 fully saturated rings. The van der Waals surface area contributed by atoms with E-state index in [9.17, 15) is 19.5 Å². The molecule has 0 heterocycles. The van der Waals surface area contributed by atoms with Gasteiger partial charge >= 0.3 is 12.1 Å². The second-order valence-corrected chi connectivity index (χ2v) is 8.46. The second kappa shape index (κ2) is 9.85. The number of carbonyl (C=O) groups is 3. The molecular formula is C25H28N2O5. The summed E-state index contributed by atoms with van der Waals surface area (Å²) in [5.74, 6) is -1.75. The van der Waals surface area contributed by atoms with Crippen molar-refractivity contribution >= 4 is 18.0 Å². The predicted molar refractivity (Wildman–Crippen MR) is 119 cm³/mol. The molecule has 2 aliphatic carbocycles. The molecular weight excluding hydrogens is 408 g/mol. The molecule has 2 aromatic rings. The fraction of sp³-hybridized carbons (Fsp3) is 0.400. The lowest BCUT2D eigenvalue weighted by Crippen LogP contribution is -2.51. The number of amides is 2. The Labute approximate surface area is 187 Å². The lowest BCUT2D eigenvalue weighted by atomic mass is 9.95. The Morgan fingerprint density at radius 3 is 2.12 bits per heavy atom. The Morgan fingerprint density at radius 2 is 1.53 bits per heavy atom. The number of aliphatic carboxylic acids is 1. The average Bonchev–Trinajstić information content (AvgIpc) is 3.11. The van der Waals surface area contributed by atoms with Crippen LogP contribution in [0.15, 0.2) is 48.5 Å². The van der Waals surface area contributed by atoms with Crippen LogP contribution in [0.2, 0.25) is 0 Å². The smallest absolute Gasteiger partial charge is 0.407 e. The zero-order chi connectivity index (χ0) is 22.5. The first-order chi connectivity index (χ1) is 15.5. The van der Waals surface area contributed by atoms with Gasteiger partial charge in [0, 0.05) is 12.0 Å². The van der Waals surface area contributed by atoms with Crippen LogP contribution in [-0.2, 0) is 14.3 Å². The first-order valence-electron chi connectivity index (χ1n) is 11.2. The van der Waals surface area contributed by atoms with Crippen LogP contribution in [0, 0.1) is 0 Å². The molecule has 0 aliphatic heterocycles. The minimum Gasteiger partial charge on any atom is -0.481 e. The van der Waals surface area contributed by atoms with Gasteiger partial charge in [-0.2, -0.15) is 0 Å². The van der Waals surface area contributed by atoms with Gasteiger partial charge in [-0.05, 0) is 35.1 Å². The third-order valence-corrected chi connectivity index (χ3v) is 6.28. The molecule has 0 aromatic heterocycles. The lowest BCUT2D eigenvalue weighted by Gasteiger charge is -2.25. The minimum atomic E-state index is -1.18. The molecule has 1 unspecified atom stereocenters. The van der Waals surface area contributed by atoms with Crippen molar-refractivity contribution in [3.8, 4) is 11.1 Å². The summed E-state index contributed by atoms with van der Waals surface area (Å²) in [6.07, 6.45) is 3.67. The van der Waals surface area contributed by atoms with Crippen molar-refractivity contribution < 1.29 is 24.2 Å². The van der Waals surface area contributed by atoms with Gasteiger partial charge in [0.15, 0.2) is 0 Å². The van der Waals surface area contributed by atoms with Gasteiger partial charge in [0.1, 0.15) is 12.6 Å². The molecule has 7 nitrogen and oxygen atoms in total. The first-order valence-corrected chi connectivity index (χ1v) is 11.2. The van der Waals surface area contributed by atoms with E-state index in [1.807, 2.05) is 48.5 Å². The summed E-state index contributed by atoms with van der Waals surface area (Å²) in [4.78, 5) is 36.4. The predicted octanol–water partition coefficient (Wildman–Crippen LogP) is 3.82. The van der Waals surface area contributed by atoms with Crippen molar-refractivity contribution in [2.24, 2.45) is 0 Å². The standard InChI is InChI=1S/C25H28N2O5/c28-23(29)14-22(24(30)26-16-8-2-1-3-9-16)27-25(31)32-15-21-19-12-6-4-10-17(19)18-11-5-7-13-20(18)21/h4-7,10-13,16,21-22H,1-3,8-9,14-15H2,(H,26,30)(H,27,31)(H,28,29). The highest BCUT2D eigenvalue weighted by molar-refractivity contribution is 5.89. The zero-order valence-corrected chi connectivity index (χ0v) is 17.9. The molecule has 3 N–H and O–H groups in total. The number of rotatable bonds is 7. The number of carboxylic acids is 1. The summed E-state index contributed by atoms with van der Waals surface area (Å²) in [6.45, 7) is 0.101. The molecule has 0 radical (unpaired) electrons. The second-order valence-electron chi connectivity index (χ2n) is 8.46. The number of ether oxygens (including phenoxy) is 1. The van der Waals surface area contributed by atoms with E-state index >= 15 is 0 Å². The van der Waals surface area contributed by atoms with Gasteiger partial charge in [0.05, 0.1) is 6.42 Å². The summed E-state index contributed by atoms with van der Waals surface area (Å²) < 4.78 is 5.47. The SMILES string of the molecule is O=C(O)CC(NC(=O)OCC1c2ccccc2-c2ccccc21)C(=O)NC1CCCCC1. The van der Waals surface area contributed by atoms with E-state index in [2.05, 4.69) is 10.6 Å². The van der Waals surface area contributed by atoms with Gasteiger partial charge in [-0.3, -0.25) is 9.59 Å². The van der Waals surface area contributed by atoms with Crippen LogP contribution >= 0.6 is 0 Å². The fourth-order valence-corrected chi connectivity index (χ4v) is 4.71. The van der Waals surface area contributed by atoms with Crippen molar-refractivity contribution in [3.05, 3.63) is 59.7 Å². The number of benzene rings is 2. The van der Waals surface area contributed by atoms with E-state index in [1.165, 1.54) is 0 Å². The van der Waals surface area contributed by atoms with Crippen LogP contribution in [0.4, 0.5) is 4.79 Å². The molecule has 32 heavy (non-hydrogen) atoms. The lowest BCUT2D eigenvalue weighted by molar-refractivity contribution is -0.140. The molecule has 168 valence electrons. The van der Waals surface area contributed by atoms with E-state index in [-0.39, 0.29) is 18.6 Å². The van der Waals surface area contributed by atoms with E-state index < -0.39 is 30.4 Å². The van der Waals surface area contributed by atoms with Gasteiger partial charge in [-0.1, -0.05) is 67.8 Å². The van der Waals surface area contributed by atoms with Crippen LogP contribution in [0.25, 0.3) is 11.1 Å². The summed E-state index contributed by atoms with van der Waals surface area (Å²) in [6, 6.07) is 14.9. The maximum Gasteiger partial charge on any atom is 0.407 e. The van der Waals surface area contributed by atoms with Crippen LogP contribution in [-0.4, -0.2) is 41.8 Å². The van der Waals surface area contributed by atoms with Gasteiger partial charge in [-0.15, -0.1) is 0 Å². The molecule has 0 spiro atoms. The van der Waals surface area contributed by atoms with Crippen LogP contribution in [0.3, 0.4) is 0 Å². The Morgan fingerprint density at radius 1 is 0.938 bits per heavy atom. The number of carboxylic acid groups (broad SMARTS) is 1. The van der Waals surface area contributed by atoms with Crippen LogP contribution in [0.5, 0.6) is 0 Å². The van der Waals surface area contributed by atoms with Crippen molar-refractivity contribution in [1.29, 1.82) is 0 Å². The third-order valence-electron chi connectivity index (χ3n) is 6.28. The van der Waals surface area contributed by atoms with Gasteiger partial charge in [-0.25, -0.2) is 4.79 Å². The van der Waals surface area contributed by atoms with E-state index in [4.69, 9.17) is 4.74 Å². The number of nitrogens with one attached hydrogen (secondary N) is 2. The van der Waals surface area contributed by atoms with Gasteiger partial charge in [0.25, 0.3) is 0 Å². The molecule has 2 aromatic carbocycles. The summed E-state index contributed by atoms with van der Waals surface area (Å²) in [5.41, 5.74) is 4.40. The normalized spacial score (nSPS) is 16.5. The van der Waals surface area contributed by atoms with Crippen LogP contribution < -0.4 is 10.6 Å². The molecule has 1 atom stereocenters. The Kier molecular flexibility index (Phi) is 6.73. The summed E-state index contributed by atoms with van der Waals surface area (Å²) in [7, 11) is 0. The maximum atomic E-state index is 12.6. The van der Waals surface area contributed by atoms with E-state index in [0.29, 0.717) is 0 Å². The van der Waals surface area contributed by atoms with Crippen LogP contribution in [0.1, 0.15) is 55.6 Å². The highest BCUT2D eigenvalue weighted by atomic mass is 16.5. The fourth-order valence-electron chi connectivity index (χ4n) is 4.71. The first kappa shape index (κ1) is 21.9. The monoisotopic (exact) mass is 436 g/mol. The van der Waals surface area contributed by atoms with E-state index in [0.717, 1.165) is 54.4 Å². The number of hydrogen-bond donors (Lipinski definition) is 3. The highest BCUT2D eigenvalue weighted by Crippen LogP contribution is 2.44. The Hall–Kier alpha value is -3.35. The van der Waals surface area contributed by atoms with Gasteiger partial charge < -0.3 is 20.5 Å². The summed E-state index contributed by atoms with van der Waals surface area (Å²) >= 11 is 0. The zero-order valence-electron chi connectivity index (χ0n) is 17.9. The number of carbonyl (C=O) groups excluding carboxylic acids is 2. The van der Waals surface area contributed by atoms with Crippen molar-refractivity contribution in [2.75, 3.05) is 6.61 Å². The average molecular weight is 437 g/mol. The van der Waals surface area contributed by atoms with Crippen molar-refractivity contribution in [3.63, 3.8) is 0 Å². The molecule has 2 aliphatic rings. The minimum absolute atomic E-state index is 0.0249. The molecule has 1 saturated carbocycles. The Bertz CT molecular complexity index is 954. The van der Waals surface area contributed by atoms with E-state index in [1.54, 1.807) is 0 Å². The molecule has 0 bridgehead atoms. The van der Waals surface area contributed by atoms with Gasteiger partial charge in [0.2, 0.25) is 5.91 Å². The molecule has 4 rings (SSSR count). The molecule has 7 heteroatoms. The Balaban J connectivity index is 1.39. The largest absolute Gasteiger partial charge is 0.481 e. The summed E-state index contributed by atoms with van der Waals surface area (Å²) in [5, 5.41) is 14.5. The topological polar surface area (TPSA) is 105 Å². The van der Waals surface area contributed by atoms with Crippen molar-refractivity contribution in [1.82, 2.24) is 10.6 Å².